The Morgan fingerprint density at radius 3 is 2.38 bits per heavy atom. The Kier molecular flexibility index (Phi) is 7.77. The van der Waals surface area contributed by atoms with Crippen molar-refractivity contribution in [3.63, 3.8) is 0 Å². The van der Waals surface area contributed by atoms with Crippen molar-refractivity contribution in [1.29, 1.82) is 0 Å². The second-order valence-corrected chi connectivity index (χ2v) is 10.0. The molecule has 1 fully saturated rings. The van der Waals surface area contributed by atoms with Gasteiger partial charge in [0.05, 0.1) is 0 Å². The minimum Gasteiger partial charge on any atom is -0.480 e. The smallest absolute Gasteiger partial charge is 0.407 e. The second-order valence-electron chi connectivity index (χ2n) is 8.70. The van der Waals surface area contributed by atoms with Gasteiger partial charge < -0.3 is 20.1 Å². The maximum Gasteiger partial charge on any atom is 0.407 e. The number of carbonyl (C=O) groups excluding carboxylic acids is 2. The van der Waals surface area contributed by atoms with Crippen LogP contribution in [0, 0.1) is 0 Å². The summed E-state index contributed by atoms with van der Waals surface area (Å²) < 4.78 is 5.64. The number of hydrogen-bond acceptors (Lipinski definition) is 5. The predicted molar refractivity (Wildman–Crippen MR) is 132 cm³/mol. The number of carbonyl (C=O) groups is 3. The maximum atomic E-state index is 12.8. The SMILES string of the molecule is CCCC(CC(=O)N1CCSC(C(=O)O)C1)NC(=O)OCC1c2ccccc2-c2ccccc21. The van der Waals surface area contributed by atoms with Gasteiger partial charge in [-0.3, -0.25) is 9.59 Å². The number of alkyl carbamates (subject to hydrolysis) is 1. The summed E-state index contributed by atoms with van der Waals surface area (Å²) >= 11 is 1.36. The van der Waals surface area contributed by atoms with Crippen LogP contribution in [0.15, 0.2) is 48.5 Å². The first-order valence-corrected chi connectivity index (χ1v) is 12.8. The number of thioether (sulfide) groups is 1. The molecule has 0 aromatic heterocycles. The zero-order valence-corrected chi connectivity index (χ0v) is 20.1. The van der Waals surface area contributed by atoms with Gasteiger partial charge in [0.1, 0.15) is 11.9 Å². The molecule has 0 saturated carbocycles. The number of aliphatic carboxylic acids is 1. The van der Waals surface area contributed by atoms with Crippen LogP contribution in [-0.2, 0) is 14.3 Å². The van der Waals surface area contributed by atoms with Crippen LogP contribution in [0.3, 0.4) is 0 Å². The standard InChI is InChI=1S/C26H30N2O5S/c1-2-7-17(14-24(29)28-12-13-34-23(15-28)25(30)31)27-26(32)33-16-22-20-10-5-3-8-18(20)19-9-4-6-11-21(19)22/h3-6,8-11,17,22-23H,2,7,12-16H2,1H3,(H,27,32)(H,30,31). The van der Waals surface area contributed by atoms with E-state index in [2.05, 4.69) is 29.6 Å². The molecule has 1 aliphatic heterocycles. The molecule has 2 atom stereocenters. The minimum atomic E-state index is -0.899. The highest BCUT2D eigenvalue weighted by molar-refractivity contribution is 8.00. The zero-order valence-electron chi connectivity index (χ0n) is 19.2. The van der Waals surface area contributed by atoms with E-state index >= 15 is 0 Å². The zero-order chi connectivity index (χ0) is 24.1. The van der Waals surface area contributed by atoms with E-state index in [1.54, 1.807) is 4.90 Å². The molecule has 2 aliphatic rings. The van der Waals surface area contributed by atoms with Crippen LogP contribution in [-0.4, -0.2) is 64.7 Å². The molecule has 4 rings (SSSR count). The molecule has 2 N–H and O–H groups in total. The molecule has 7 nitrogen and oxygen atoms in total. The largest absolute Gasteiger partial charge is 0.480 e. The molecule has 2 unspecified atom stereocenters. The van der Waals surface area contributed by atoms with E-state index in [9.17, 15) is 19.5 Å². The monoisotopic (exact) mass is 482 g/mol. The van der Waals surface area contributed by atoms with Gasteiger partial charge in [-0.2, -0.15) is 0 Å². The van der Waals surface area contributed by atoms with Crippen LogP contribution in [0.4, 0.5) is 4.79 Å². The third-order valence-corrected chi connectivity index (χ3v) is 7.59. The summed E-state index contributed by atoms with van der Waals surface area (Å²) in [4.78, 5) is 38.4. The van der Waals surface area contributed by atoms with E-state index in [0.717, 1.165) is 17.5 Å². The normalized spacial score (nSPS) is 18.0. The number of hydrogen-bond donors (Lipinski definition) is 2. The van der Waals surface area contributed by atoms with Crippen molar-refractivity contribution < 1.29 is 24.2 Å². The Bertz CT molecular complexity index is 1010. The molecule has 1 saturated heterocycles. The van der Waals surface area contributed by atoms with E-state index in [4.69, 9.17) is 4.74 Å². The Morgan fingerprint density at radius 2 is 1.76 bits per heavy atom. The number of amides is 2. The molecule has 0 spiro atoms. The average molecular weight is 483 g/mol. The summed E-state index contributed by atoms with van der Waals surface area (Å²) in [5.74, 6) is -0.461. The van der Waals surface area contributed by atoms with Crippen LogP contribution >= 0.6 is 11.8 Å². The first-order chi connectivity index (χ1) is 16.5. The van der Waals surface area contributed by atoms with E-state index < -0.39 is 17.3 Å². The molecule has 1 heterocycles. The third-order valence-electron chi connectivity index (χ3n) is 6.42. The van der Waals surface area contributed by atoms with E-state index in [-0.39, 0.29) is 37.4 Å². The number of carboxylic acids is 1. The topological polar surface area (TPSA) is 95.9 Å². The highest BCUT2D eigenvalue weighted by Gasteiger charge is 2.31. The molecule has 0 bridgehead atoms. The molecule has 2 aromatic rings. The van der Waals surface area contributed by atoms with Crippen molar-refractivity contribution >= 4 is 29.7 Å². The highest BCUT2D eigenvalue weighted by atomic mass is 32.2. The van der Waals surface area contributed by atoms with Crippen LogP contribution in [0.5, 0.6) is 0 Å². The number of rotatable bonds is 8. The molecular weight excluding hydrogens is 452 g/mol. The van der Waals surface area contributed by atoms with Crippen molar-refractivity contribution in [2.75, 3.05) is 25.4 Å². The summed E-state index contributed by atoms with van der Waals surface area (Å²) in [5, 5.41) is 11.5. The van der Waals surface area contributed by atoms with E-state index in [1.807, 2.05) is 31.2 Å². The molecule has 34 heavy (non-hydrogen) atoms. The van der Waals surface area contributed by atoms with Gasteiger partial charge in [0.15, 0.2) is 0 Å². The van der Waals surface area contributed by atoms with Gasteiger partial charge in [0.25, 0.3) is 0 Å². The highest BCUT2D eigenvalue weighted by Crippen LogP contribution is 2.44. The lowest BCUT2D eigenvalue weighted by atomic mass is 9.98. The fourth-order valence-electron chi connectivity index (χ4n) is 4.75. The quantitative estimate of drug-likeness (QED) is 0.588. The van der Waals surface area contributed by atoms with E-state index in [1.165, 1.54) is 22.9 Å². The van der Waals surface area contributed by atoms with Gasteiger partial charge in [0, 0.05) is 37.2 Å². The molecular formula is C26H30N2O5S. The Morgan fingerprint density at radius 1 is 1.12 bits per heavy atom. The van der Waals surface area contributed by atoms with Crippen LogP contribution in [0.1, 0.15) is 43.2 Å². The summed E-state index contributed by atoms with van der Waals surface area (Å²) in [7, 11) is 0. The predicted octanol–water partition coefficient (Wildman–Crippen LogP) is 4.11. The number of nitrogens with zero attached hydrogens (tertiary/aromatic N) is 1. The van der Waals surface area contributed by atoms with Crippen molar-refractivity contribution in [2.24, 2.45) is 0 Å². The summed E-state index contributed by atoms with van der Waals surface area (Å²) in [5.41, 5.74) is 4.63. The van der Waals surface area contributed by atoms with Crippen molar-refractivity contribution in [2.45, 2.75) is 43.4 Å². The average Bonchev–Trinajstić information content (AvgIpc) is 3.16. The van der Waals surface area contributed by atoms with Gasteiger partial charge >= 0.3 is 12.1 Å². The lowest BCUT2D eigenvalue weighted by Crippen LogP contribution is -2.47. The molecule has 1 aliphatic carbocycles. The van der Waals surface area contributed by atoms with Gasteiger partial charge in [0.2, 0.25) is 5.91 Å². The van der Waals surface area contributed by atoms with Crippen LogP contribution in [0.25, 0.3) is 11.1 Å². The molecule has 2 aromatic carbocycles. The number of fused-ring (bicyclic) bond motifs is 3. The number of ether oxygens (including phenoxy) is 1. The van der Waals surface area contributed by atoms with Crippen LogP contribution in [0.2, 0.25) is 0 Å². The summed E-state index contributed by atoms with van der Waals surface area (Å²) in [6.07, 6.45) is 1.04. The summed E-state index contributed by atoms with van der Waals surface area (Å²) in [6, 6.07) is 16.0. The first-order valence-electron chi connectivity index (χ1n) is 11.7. The van der Waals surface area contributed by atoms with E-state index in [0.29, 0.717) is 18.7 Å². The fourth-order valence-corrected chi connectivity index (χ4v) is 5.78. The lowest BCUT2D eigenvalue weighted by molar-refractivity contribution is -0.138. The van der Waals surface area contributed by atoms with Crippen molar-refractivity contribution in [3.8, 4) is 11.1 Å². The molecule has 0 radical (unpaired) electrons. The number of benzene rings is 2. The minimum absolute atomic E-state index is 0.0248. The lowest BCUT2D eigenvalue weighted by Gasteiger charge is -2.31. The fraction of sp³-hybridized carbons (Fsp3) is 0.423. The van der Waals surface area contributed by atoms with Crippen molar-refractivity contribution in [1.82, 2.24) is 10.2 Å². The van der Waals surface area contributed by atoms with Crippen LogP contribution < -0.4 is 5.32 Å². The molecule has 180 valence electrons. The first kappa shape index (κ1) is 24.1. The van der Waals surface area contributed by atoms with Crippen molar-refractivity contribution in [3.05, 3.63) is 59.7 Å². The number of nitrogens with one attached hydrogen (secondary N) is 1. The van der Waals surface area contributed by atoms with Gasteiger partial charge in [-0.25, -0.2) is 4.79 Å². The van der Waals surface area contributed by atoms with Gasteiger partial charge in [-0.15, -0.1) is 11.8 Å². The maximum absolute atomic E-state index is 12.8. The molecule has 8 heteroatoms. The van der Waals surface area contributed by atoms with Gasteiger partial charge in [-0.1, -0.05) is 61.9 Å². The third kappa shape index (κ3) is 5.38. The Balaban J connectivity index is 1.35. The Labute approximate surface area is 203 Å². The second kappa shape index (κ2) is 11.0. The number of carboxylic acid groups (broad SMARTS) is 1. The molecule has 2 amide bonds. The Hall–Kier alpha value is -3.00. The summed E-state index contributed by atoms with van der Waals surface area (Å²) in [6.45, 7) is 2.94. The van der Waals surface area contributed by atoms with Gasteiger partial charge in [-0.05, 0) is 28.7 Å².